The molecular formula is C24H31N5O. The van der Waals surface area contributed by atoms with Crippen molar-refractivity contribution in [3.8, 4) is 5.75 Å². The van der Waals surface area contributed by atoms with Crippen molar-refractivity contribution in [2.24, 2.45) is 4.99 Å². The molecule has 0 amide bonds. The van der Waals surface area contributed by atoms with Crippen LogP contribution in [0.5, 0.6) is 5.75 Å². The molecule has 0 spiro atoms. The van der Waals surface area contributed by atoms with Gasteiger partial charge in [0.25, 0.3) is 0 Å². The van der Waals surface area contributed by atoms with Crippen molar-refractivity contribution in [2.45, 2.75) is 32.4 Å². The molecule has 6 nitrogen and oxygen atoms in total. The van der Waals surface area contributed by atoms with Crippen molar-refractivity contribution in [3.63, 3.8) is 0 Å². The predicted octanol–water partition coefficient (Wildman–Crippen LogP) is 3.63. The third-order valence-corrected chi connectivity index (χ3v) is 4.98. The molecule has 6 heteroatoms. The van der Waals surface area contributed by atoms with Crippen LogP contribution in [-0.2, 0) is 19.5 Å². The smallest absolute Gasteiger partial charge is 0.191 e. The van der Waals surface area contributed by atoms with Gasteiger partial charge in [-0.05, 0) is 42.5 Å². The average molecular weight is 406 g/mol. The van der Waals surface area contributed by atoms with Crippen molar-refractivity contribution >= 4 is 5.96 Å². The molecule has 30 heavy (non-hydrogen) atoms. The van der Waals surface area contributed by atoms with E-state index in [1.54, 1.807) is 14.2 Å². The molecule has 0 radical (unpaired) electrons. The topological polar surface area (TPSA) is 63.5 Å². The summed E-state index contributed by atoms with van der Waals surface area (Å²) in [7, 11) is 3.49. The number of imidazole rings is 1. The summed E-state index contributed by atoms with van der Waals surface area (Å²) in [5.41, 5.74) is 2.60. The second-order valence-electron chi connectivity index (χ2n) is 7.11. The van der Waals surface area contributed by atoms with Gasteiger partial charge in [0.05, 0.1) is 13.7 Å². The summed E-state index contributed by atoms with van der Waals surface area (Å²) in [6.45, 7) is 2.33. The number of nitrogens with zero attached hydrogens (tertiary/aromatic N) is 3. The molecule has 0 saturated carbocycles. The maximum Gasteiger partial charge on any atom is 0.191 e. The number of ether oxygens (including phenoxy) is 1. The van der Waals surface area contributed by atoms with Gasteiger partial charge in [-0.1, -0.05) is 42.5 Å². The number of methoxy groups -OCH3 is 1. The van der Waals surface area contributed by atoms with Crippen LogP contribution in [-0.4, -0.2) is 36.2 Å². The molecule has 3 aromatic rings. The first-order chi connectivity index (χ1) is 14.8. The molecule has 2 N–H and O–H groups in total. The number of hydrogen-bond donors (Lipinski definition) is 2. The van der Waals surface area contributed by atoms with E-state index < -0.39 is 0 Å². The highest BCUT2D eigenvalue weighted by Crippen LogP contribution is 2.13. The van der Waals surface area contributed by atoms with Gasteiger partial charge in [-0.15, -0.1) is 0 Å². The molecule has 0 aliphatic rings. The Balaban J connectivity index is 1.37. The number of nitrogens with one attached hydrogen (secondary N) is 2. The zero-order valence-electron chi connectivity index (χ0n) is 17.8. The van der Waals surface area contributed by atoms with Crippen LogP contribution in [0, 0.1) is 0 Å². The monoisotopic (exact) mass is 405 g/mol. The number of rotatable bonds is 10. The van der Waals surface area contributed by atoms with E-state index in [1.165, 1.54) is 11.1 Å². The quantitative estimate of drug-likeness (QED) is 0.307. The van der Waals surface area contributed by atoms with Gasteiger partial charge in [0, 0.05) is 32.5 Å². The Morgan fingerprint density at radius 1 is 1.00 bits per heavy atom. The number of benzene rings is 2. The highest BCUT2D eigenvalue weighted by molar-refractivity contribution is 5.79. The number of aryl methyl sites for hydroxylation is 1. The SMILES string of the molecule is CN=C(NCCCCc1ccc(OC)cc1)NCc1nccn1Cc1ccccc1. The molecule has 2 aromatic carbocycles. The minimum atomic E-state index is 0.630. The molecule has 1 aromatic heterocycles. The fourth-order valence-electron chi connectivity index (χ4n) is 3.27. The van der Waals surface area contributed by atoms with Gasteiger partial charge in [0.2, 0.25) is 0 Å². The highest BCUT2D eigenvalue weighted by atomic mass is 16.5. The van der Waals surface area contributed by atoms with Crippen LogP contribution in [0.1, 0.15) is 29.8 Å². The van der Waals surface area contributed by atoms with Gasteiger partial charge in [-0.3, -0.25) is 4.99 Å². The van der Waals surface area contributed by atoms with Crippen molar-refractivity contribution in [1.29, 1.82) is 0 Å². The van der Waals surface area contributed by atoms with Crippen LogP contribution in [0.25, 0.3) is 0 Å². The predicted molar refractivity (Wildman–Crippen MR) is 122 cm³/mol. The summed E-state index contributed by atoms with van der Waals surface area (Å²) >= 11 is 0. The van der Waals surface area contributed by atoms with Gasteiger partial charge in [-0.25, -0.2) is 4.98 Å². The minimum absolute atomic E-state index is 0.630. The summed E-state index contributed by atoms with van der Waals surface area (Å²) in [5, 5.41) is 6.75. The summed E-state index contributed by atoms with van der Waals surface area (Å²) < 4.78 is 7.36. The number of hydrogen-bond acceptors (Lipinski definition) is 3. The van der Waals surface area contributed by atoms with Crippen molar-refractivity contribution < 1.29 is 4.74 Å². The number of aromatic nitrogens is 2. The standard InChI is InChI=1S/C24H31N5O/c1-25-24(27-15-7-6-8-20-11-13-22(30-2)14-12-20)28-18-23-26-16-17-29(23)19-21-9-4-3-5-10-21/h3-5,9-14,16-17H,6-8,15,18-19H2,1-2H3,(H2,25,27,28). The van der Waals surface area contributed by atoms with Gasteiger partial charge in [0.1, 0.15) is 11.6 Å². The number of aliphatic imine (C=N–C) groups is 1. The molecular weight excluding hydrogens is 374 g/mol. The first-order valence-electron chi connectivity index (χ1n) is 10.4. The van der Waals surface area contributed by atoms with Crippen LogP contribution >= 0.6 is 0 Å². The molecule has 3 rings (SSSR count). The first-order valence-corrected chi connectivity index (χ1v) is 10.4. The van der Waals surface area contributed by atoms with Crippen molar-refractivity contribution in [1.82, 2.24) is 20.2 Å². The van der Waals surface area contributed by atoms with Gasteiger partial charge in [-0.2, -0.15) is 0 Å². The van der Waals surface area contributed by atoms with Crippen LogP contribution in [0.15, 0.2) is 72.0 Å². The van der Waals surface area contributed by atoms with Crippen LogP contribution < -0.4 is 15.4 Å². The molecule has 0 atom stereocenters. The lowest BCUT2D eigenvalue weighted by molar-refractivity contribution is 0.414. The van der Waals surface area contributed by atoms with E-state index in [-0.39, 0.29) is 0 Å². The third-order valence-electron chi connectivity index (χ3n) is 4.98. The van der Waals surface area contributed by atoms with Gasteiger partial charge in [0.15, 0.2) is 5.96 Å². The average Bonchev–Trinajstić information content (AvgIpc) is 3.23. The van der Waals surface area contributed by atoms with E-state index in [1.807, 2.05) is 30.6 Å². The van der Waals surface area contributed by atoms with Gasteiger partial charge >= 0.3 is 0 Å². The Labute approximate surface area is 179 Å². The Hall–Kier alpha value is -3.28. The third kappa shape index (κ3) is 6.65. The molecule has 0 saturated heterocycles. The molecule has 1 heterocycles. The molecule has 158 valence electrons. The van der Waals surface area contributed by atoms with Gasteiger partial charge < -0.3 is 19.9 Å². The van der Waals surface area contributed by atoms with E-state index in [0.717, 1.165) is 49.9 Å². The molecule has 0 aliphatic carbocycles. The largest absolute Gasteiger partial charge is 0.497 e. The van der Waals surface area contributed by atoms with E-state index in [4.69, 9.17) is 4.74 Å². The maximum atomic E-state index is 5.20. The summed E-state index contributed by atoms with van der Waals surface area (Å²) in [6.07, 6.45) is 7.12. The Morgan fingerprint density at radius 3 is 2.53 bits per heavy atom. The first kappa shape index (κ1) is 21.4. The minimum Gasteiger partial charge on any atom is -0.497 e. The second-order valence-corrected chi connectivity index (χ2v) is 7.11. The molecule has 0 aliphatic heterocycles. The number of guanidine groups is 1. The fourth-order valence-corrected chi connectivity index (χ4v) is 3.27. The van der Waals surface area contributed by atoms with E-state index in [9.17, 15) is 0 Å². The zero-order chi connectivity index (χ0) is 21.0. The lowest BCUT2D eigenvalue weighted by atomic mass is 10.1. The Bertz CT molecular complexity index is 903. The molecule has 0 unspecified atom stereocenters. The van der Waals surface area contributed by atoms with E-state index in [0.29, 0.717) is 6.54 Å². The Morgan fingerprint density at radius 2 is 1.80 bits per heavy atom. The molecule has 0 fully saturated rings. The maximum absolute atomic E-state index is 5.20. The van der Waals surface area contributed by atoms with Crippen LogP contribution in [0.4, 0.5) is 0 Å². The fraction of sp³-hybridized carbons (Fsp3) is 0.333. The Kier molecular flexibility index (Phi) is 8.33. The summed E-state index contributed by atoms with van der Waals surface area (Å²) in [5.74, 6) is 2.69. The lowest BCUT2D eigenvalue weighted by Gasteiger charge is -2.13. The summed E-state index contributed by atoms with van der Waals surface area (Å²) in [4.78, 5) is 8.80. The normalized spacial score (nSPS) is 11.3. The van der Waals surface area contributed by atoms with Crippen molar-refractivity contribution in [3.05, 3.63) is 83.9 Å². The van der Waals surface area contributed by atoms with Crippen LogP contribution in [0.2, 0.25) is 0 Å². The summed E-state index contributed by atoms with van der Waals surface area (Å²) in [6, 6.07) is 18.7. The van der Waals surface area contributed by atoms with Crippen LogP contribution in [0.3, 0.4) is 0 Å². The number of unbranched alkanes of at least 4 members (excludes halogenated alkanes) is 1. The second kappa shape index (κ2) is 11.7. The lowest BCUT2D eigenvalue weighted by Crippen LogP contribution is -2.37. The zero-order valence-corrected chi connectivity index (χ0v) is 17.8. The van der Waals surface area contributed by atoms with E-state index >= 15 is 0 Å². The van der Waals surface area contributed by atoms with Crippen molar-refractivity contribution in [2.75, 3.05) is 20.7 Å². The highest BCUT2D eigenvalue weighted by Gasteiger charge is 2.05. The van der Waals surface area contributed by atoms with E-state index in [2.05, 4.69) is 61.6 Å². The molecule has 0 bridgehead atoms.